The lowest BCUT2D eigenvalue weighted by Crippen LogP contribution is -2.43. The van der Waals surface area contributed by atoms with Crippen molar-refractivity contribution in [3.63, 3.8) is 0 Å². The van der Waals surface area contributed by atoms with E-state index in [1.54, 1.807) is 33.5 Å². The van der Waals surface area contributed by atoms with Crippen LogP contribution in [0.2, 0.25) is 0 Å². The van der Waals surface area contributed by atoms with Crippen molar-refractivity contribution in [2.24, 2.45) is 0 Å². The molecule has 0 fully saturated rings. The summed E-state index contributed by atoms with van der Waals surface area (Å²) in [7, 11) is 1.73. The fraction of sp³-hybridized carbons (Fsp3) is 0.500. The minimum absolute atomic E-state index is 0.0124. The number of carbonyl (C=O) groups excluding carboxylic acids is 3. The molecule has 0 spiro atoms. The van der Waals surface area contributed by atoms with Crippen LogP contribution < -0.4 is 5.32 Å². The number of rotatable bonds is 12. The fourth-order valence-corrected chi connectivity index (χ4v) is 4.72. The zero-order chi connectivity index (χ0) is 25.5. The molecular formula is C26H35FN4O4. The number of nitrogens with one attached hydrogen (secondary N) is 1. The molecule has 1 atom stereocenters. The van der Waals surface area contributed by atoms with Crippen molar-refractivity contribution in [2.75, 3.05) is 33.2 Å². The molecule has 2 heterocycles. The van der Waals surface area contributed by atoms with E-state index in [1.807, 2.05) is 6.92 Å². The van der Waals surface area contributed by atoms with Gasteiger partial charge in [0.25, 0.3) is 5.91 Å². The highest BCUT2D eigenvalue weighted by Gasteiger charge is 2.38. The summed E-state index contributed by atoms with van der Waals surface area (Å²) in [4.78, 5) is 42.3. The molecule has 0 aliphatic carbocycles. The van der Waals surface area contributed by atoms with Crippen LogP contribution in [0, 0.1) is 5.82 Å². The molecule has 9 heteroatoms. The number of benzene rings is 1. The first-order valence-electron chi connectivity index (χ1n) is 12.2. The minimum atomic E-state index is -0.724. The Hall–Kier alpha value is -3.20. The summed E-state index contributed by atoms with van der Waals surface area (Å²) >= 11 is 0. The van der Waals surface area contributed by atoms with Crippen LogP contribution in [-0.4, -0.2) is 70.8 Å². The Balaban J connectivity index is 1.96. The Bertz CT molecular complexity index is 1050. The molecule has 1 aliphatic rings. The van der Waals surface area contributed by atoms with E-state index in [9.17, 15) is 23.9 Å². The highest BCUT2D eigenvalue weighted by molar-refractivity contribution is 6.01. The first-order chi connectivity index (χ1) is 16.9. The number of likely N-dealkylation sites (N-methyl/N-ethyl adjacent to an activating group) is 2. The summed E-state index contributed by atoms with van der Waals surface area (Å²) in [5, 5.41) is 14.0. The van der Waals surface area contributed by atoms with Crippen LogP contribution >= 0.6 is 0 Å². The van der Waals surface area contributed by atoms with E-state index in [1.165, 1.54) is 12.1 Å². The smallest absolute Gasteiger partial charge is 0.274 e. The van der Waals surface area contributed by atoms with Gasteiger partial charge in [-0.3, -0.25) is 14.4 Å². The standard InChI is InChI=1S/C26H35FN4O4/c1-4-6-7-12-29(5-2)25(34)20(15-28-3)22-21(17-32)24(33)23-26(35)30(13-14-31(22)23)16-18-8-10-19(27)11-9-18/h8-11,17,20,28,33H,4-7,12-16H2,1-3H3. The molecule has 2 aromatic rings. The van der Waals surface area contributed by atoms with Crippen molar-refractivity contribution in [2.45, 2.75) is 52.1 Å². The molecule has 0 saturated carbocycles. The van der Waals surface area contributed by atoms with E-state index in [4.69, 9.17) is 0 Å². The Kier molecular flexibility index (Phi) is 9.03. The van der Waals surface area contributed by atoms with Crippen molar-refractivity contribution < 1.29 is 23.9 Å². The second-order valence-electron chi connectivity index (χ2n) is 8.85. The Morgan fingerprint density at radius 2 is 1.94 bits per heavy atom. The monoisotopic (exact) mass is 486 g/mol. The van der Waals surface area contributed by atoms with Crippen LogP contribution in [-0.2, 0) is 17.9 Å². The number of aromatic hydroxyl groups is 1. The van der Waals surface area contributed by atoms with Crippen molar-refractivity contribution in [3.05, 3.63) is 52.6 Å². The first kappa shape index (κ1) is 26.4. The summed E-state index contributed by atoms with van der Waals surface area (Å²) in [6.45, 7) is 6.33. The molecule has 1 aromatic carbocycles. The molecule has 35 heavy (non-hydrogen) atoms. The molecule has 1 aliphatic heterocycles. The maximum absolute atomic E-state index is 13.6. The number of fused-ring (bicyclic) bond motifs is 1. The van der Waals surface area contributed by atoms with Gasteiger partial charge in [0.15, 0.2) is 17.7 Å². The fourth-order valence-electron chi connectivity index (χ4n) is 4.72. The summed E-state index contributed by atoms with van der Waals surface area (Å²) < 4.78 is 14.9. The second-order valence-corrected chi connectivity index (χ2v) is 8.85. The predicted octanol–water partition coefficient (Wildman–Crippen LogP) is 3.14. The van der Waals surface area contributed by atoms with E-state index in [0.717, 1.165) is 24.8 Å². The number of hydrogen-bond donors (Lipinski definition) is 2. The molecule has 190 valence electrons. The molecule has 1 unspecified atom stereocenters. The largest absolute Gasteiger partial charge is 0.505 e. The number of nitrogens with zero attached hydrogens (tertiary/aromatic N) is 3. The Morgan fingerprint density at radius 3 is 2.54 bits per heavy atom. The van der Waals surface area contributed by atoms with Crippen LogP contribution in [0.5, 0.6) is 5.75 Å². The molecule has 1 aromatic heterocycles. The van der Waals surface area contributed by atoms with Gasteiger partial charge in [-0.25, -0.2) is 4.39 Å². The third-order valence-corrected chi connectivity index (χ3v) is 6.57. The van der Waals surface area contributed by atoms with E-state index in [2.05, 4.69) is 12.2 Å². The number of amides is 2. The Labute approximate surface area is 205 Å². The van der Waals surface area contributed by atoms with Crippen LogP contribution in [0.15, 0.2) is 24.3 Å². The minimum Gasteiger partial charge on any atom is -0.505 e. The van der Waals surface area contributed by atoms with Crippen LogP contribution in [0.1, 0.15) is 71.1 Å². The zero-order valence-corrected chi connectivity index (χ0v) is 20.7. The van der Waals surface area contributed by atoms with Gasteiger partial charge in [0.1, 0.15) is 5.82 Å². The second kappa shape index (κ2) is 12.0. The van der Waals surface area contributed by atoms with E-state index >= 15 is 0 Å². The molecule has 0 saturated heterocycles. The van der Waals surface area contributed by atoms with E-state index < -0.39 is 17.6 Å². The van der Waals surface area contributed by atoms with Gasteiger partial charge in [0.05, 0.1) is 11.5 Å². The highest BCUT2D eigenvalue weighted by Crippen LogP contribution is 2.37. The van der Waals surface area contributed by atoms with Gasteiger partial charge in [0.2, 0.25) is 5.91 Å². The third kappa shape index (κ3) is 5.56. The average molecular weight is 487 g/mol. The summed E-state index contributed by atoms with van der Waals surface area (Å²) in [5.41, 5.74) is 1.12. The number of carbonyl (C=O) groups is 3. The normalized spacial score (nSPS) is 14.1. The molecule has 0 bridgehead atoms. The van der Waals surface area contributed by atoms with Gasteiger partial charge in [-0.05, 0) is 38.1 Å². The predicted molar refractivity (Wildman–Crippen MR) is 131 cm³/mol. The van der Waals surface area contributed by atoms with Gasteiger partial charge in [-0.1, -0.05) is 31.9 Å². The maximum atomic E-state index is 13.6. The van der Waals surface area contributed by atoms with Crippen molar-refractivity contribution in [1.82, 2.24) is 19.7 Å². The van der Waals surface area contributed by atoms with Crippen molar-refractivity contribution >= 4 is 18.1 Å². The van der Waals surface area contributed by atoms with Gasteiger partial charge in [-0.15, -0.1) is 0 Å². The molecule has 8 nitrogen and oxygen atoms in total. The lowest BCUT2D eigenvalue weighted by molar-refractivity contribution is -0.132. The summed E-state index contributed by atoms with van der Waals surface area (Å²) in [6.07, 6.45) is 3.46. The maximum Gasteiger partial charge on any atom is 0.274 e. The summed E-state index contributed by atoms with van der Waals surface area (Å²) in [5.74, 6) is -2.05. The van der Waals surface area contributed by atoms with Gasteiger partial charge < -0.3 is 24.8 Å². The first-order valence-corrected chi connectivity index (χ1v) is 12.2. The summed E-state index contributed by atoms with van der Waals surface area (Å²) in [6, 6.07) is 5.89. The number of aromatic nitrogens is 1. The zero-order valence-electron chi connectivity index (χ0n) is 20.7. The number of halogens is 1. The van der Waals surface area contributed by atoms with Gasteiger partial charge >= 0.3 is 0 Å². The van der Waals surface area contributed by atoms with E-state index in [-0.39, 0.29) is 36.1 Å². The van der Waals surface area contributed by atoms with Gasteiger partial charge in [-0.2, -0.15) is 0 Å². The average Bonchev–Trinajstić information content (AvgIpc) is 3.14. The van der Waals surface area contributed by atoms with Crippen LogP contribution in [0.3, 0.4) is 0 Å². The lowest BCUT2D eigenvalue weighted by atomic mass is 9.99. The van der Waals surface area contributed by atoms with Crippen LogP contribution in [0.25, 0.3) is 0 Å². The topological polar surface area (TPSA) is 94.9 Å². The lowest BCUT2D eigenvalue weighted by Gasteiger charge is -2.32. The number of aldehydes is 1. The number of hydrogen-bond acceptors (Lipinski definition) is 5. The SMILES string of the molecule is CCCCCN(CC)C(=O)C(CNC)c1c(C=O)c(O)c2n1CCN(Cc1ccc(F)cc1)C2=O. The number of unbranched alkanes of at least 4 members (excludes halogenated alkanes) is 2. The third-order valence-electron chi connectivity index (χ3n) is 6.57. The van der Waals surface area contributed by atoms with E-state index in [0.29, 0.717) is 38.2 Å². The molecule has 3 rings (SSSR count). The van der Waals surface area contributed by atoms with Crippen molar-refractivity contribution in [1.29, 1.82) is 0 Å². The Morgan fingerprint density at radius 1 is 1.23 bits per heavy atom. The highest BCUT2D eigenvalue weighted by atomic mass is 19.1. The molecule has 0 radical (unpaired) electrons. The van der Waals surface area contributed by atoms with Gasteiger partial charge in [0, 0.05) is 45.0 Å². The molecule has 2 amide bonds. The van der Waals surface area contributed by atoms with Crippen LogP contribution in [0.4, 0.5) is 4.39 Å². The van der Waals surface area contributed by atoms with Crippen molar-refractivity contribution in [3.8, 4) is 5.75 Å². The molecule has 2 N–H and O–H groups in total. The quantitative estimate of drug-likeness (QED) is 0.355. The molecular weight excluding hydrogens is 451 g/mol.